The molecule has 1 fully saturated rings. The minimum absolute atomic E-state index is 0.175. The van der Waals surface area contributed by atoms with Crippen molar-refractivity contribution in [2.24, 2.45) is 0 Å². The molecule has 1 N–H and O–H groups in total. The first-order chi connectivity index (χ1) is 10.1. The third kappa shape index (κ3) is 4.05. The summed E-state index contributed by atoms with van der Waals surface area (Å²) in [4.78, 5) is 37.7. The van der Waals surface area contributed by atoms with E-state index < -0.39 is 0 Å². The zero-order valence-electron chi connectivity index (χ0n) is 11.2. The smallest absolute Gasteiger partial charge is 0.293 e. The number of hydrogen-bond donors (Lipinski definition) is 1. The third-order valence-electron chi connectivity index (χ3n) is 2.68. The average Bonchev–Trinajstić information content (AvgIpc) is 3.03. The molecule has 5 nitrogen and oxygen atoms in total. The lowest BCUT2D eigenvalue weighted by Crippen LogP contribution is -2.37. The lowest BCUT2D eigenvalue weighted by molar-refractivity contribution is -0.124. The SMILES string of the molecule is C=CCC(=O)NCCN1C(=O)SC(=Cc2cccs2)C1=O. The Morgan fingerprint density at radius 3 is 2.90 bits per heavy atom. The highest BCUT2D eigenvalue weighted by Crippen LogP contribution is 2.32. The van der Waals surface area contributed by atoms with E-state index in [-0.39, 0.29) is 36.6 Å². The highest BCUT2D eigenvalue weighted by Gasteiger charge is 2.34. The van der Waals surface area contributed by atoms with Crippen molar-refractivity contribution < 1.29 is 14.4 Å². The van der Waals surface area contributed by atoms with Crippen LogP contribution < -0.4 is 5.32 Å². The van der Waals surface area contributed by atoms with Crippen LogP contribution in [-0.4, -0.2) is 35.0 Å². The number of rotatable bonds is 6. The Kier molecular flexibility index (Phi) is 5.35. The maximum atomic E-state index is 12.1. The Hall–Kier alpha value is -1.86. The van der Waals surface area contributed by atoms with Crippen LogP contribution in [0.1, 0.15) is 11.3 Å². The summed E-state index contributed by atoms with van der Waals surface area (Å²) < 4.78 is 0. The molecule has 0 bridgehead atoms. The first kappa shape index (κ1) is 15.5. The molecular formula is C14H14N2O3S2. The van der Waals surface area contributed by atoms with E-state index in [1.165, 1.54) is 17.4 Å². The number of amides is 3. The molecule has 1 aromatic heterocycles. The van der Waals surface area contributed by atoms with E-state index in [1.807, 2.05) is 17.5 Å². The highest BCUT2D eigenvalue weighted by atomic mass is 32.2. The van der Waals surface area contributed by atoms with E-state index >= 15 is 0 Å². The number of thioether (sulfide) groups is 1. The standard InChI is InChI=1S/C14H14N2O3S2/c1-2-4-12(17)15-6-7-16-13(18)11(21-14(16)19)9-10-5-3-8-20-10/h2-3,5,8-9H,1,4,6-7H2,(H,15,17). The van der Waals surface area contributed by atoms with Crippen LogP contribution in [0.25, 0.3) is 6.08 Å². The van der Waals surface area contributed by atoms with E-state index in [4.69, 9.17) is 0 Å². The summed E-state index contributed by atoms with van der Waals surface area (Å²) >= 11 is 2.43. The number of thiophene rings is 1. The number of nitrogens with one attached hydrogen (secondary N) is 1. The highest BCUT2D eigenvalue weighted by molar-refractivity contribution is 8.18. The maximum Gasteiger partial charge on any atom is 0.293 e. The van der Waals surface area contributed by atoms with Gasteiger partial charge in [-0.1, -0.05) is 12.1 Å². The minimum atomic E-state index is -0.309. The molecule has 0 spiro atoms. The van der Waals surface area contributed by atoms with Crippen molar-refractivity contribution in [1.29, 1.82) is 0 Å². The maximum absolute atomic E-state index is 12.1. The Bertz CT molecular complexity index is 593. The molecule has 2 heterocycles. The number of nitrogens with zero attached hydrogens (tertiary/aromatic N) is 1. The molecule has 110 valence electrons. The van der Waals surface area contributed by atoms with E-state index in [2.05, 4.69) is 11.9 Å². The van der Waals surface area contributed by atoms with Crippen LogP contribution in [0, 0.1) is 0 Å². The molecule has 0 saturated carbocycles. The number of imide groups is 1. The minimum Gasteiger partial charge on any atom is -0.354 e. The van der Waals surface area contributed by atoms with Gasteiger partial charge in [-0.25, -0.2) is 0 Å². The lowest BCUT2D eigenvalue weighted by Gasteiger charge is -2.12. The molecule has 0 aliphatic carbocycles. The van der Waals surface area contributed by atoms with Crippen LogP contribution in [0.2, 0.25) is 0 Å². The monoisotopic (exact) mass is 322 g/mol. The van der Waals surface area contributed by atoms with Crippen molar-refractivity contribution in [3.63, 3.8) is 0 Å². The molecule has 0 unspecified atom stereocenters. The number of carbonyl (C=O) groups excluding carboxylic acids is 3. The molecule has 0 radical (unpaired) electrons. The quantitative estimate of drug-likeness (QED) is 0.645. The molecule has 1 aliphatic rings. The van der Waals surface area contributed by atoms with Crippen LogP contribution in [-0.2, 0) is 9.59 Å². The van der Waals surface area contributed by atoms with Crippen LogP contribution in [0.4, 0.5) is 4.79 Å². The summed E-state index contributed by atoms with van der Waals surface area (Å²) in [5.74, 6) is -0.484. The van der Waals surface area contributed by atoms with Crippen molar-refractivity contribution >= 4 is 46.2 Å². The predicted molar refractivity (Wildman–Crippen MR) is 84.8 cm³/mol. The second-order valence-corrected chi connectivity index (χ2v) is 6.16. The van der Waals surface area contributed by atoms with Gasteiger partial charge in [0.15, 0.2) is 0 Å². The molecule has 1 saturated heterocycles. The Balaban J connectivity index is 1.93. The molecule has 0 atom stereocenters. The molecule has 1 aliphatic heterocycles. The van der Waals surface area contributed by atoms with Gasteiger partial charge in [0.25, 0.3) is 11.1 Å². The van der Waals surface area contributed by atoms with Gasteiger partial charge in [-0.05, 0) is 29.3 Å². The molecule has 21 heavy (non-hydrogen) atoms. The summed E-state index contributed by atoms with van der Waals surface area (Å²) in [6.45, 7) is 3.89. The van der Waals surface area contributed by atoms with E-state index in [1.54, 1.807) is 6.08 Å². The van der Waals surface area contributed by atoms with Gasteiger partial charge in [0.1, 0.15) is 0 Å². The van der Waals surface area contributed by atoms with Crippen LogP contribution in [0.15, 0.2) is 35.1 Å². The number of carbonyl (C=O) groups is 3. The number of hydrogen-bond acceptors (Lipinski definition) is 5. The summed E-state index contributed by atoms with van der Waals surface area (Å²) in [6.07, 6.45) is 3.44. The summed E-state index contributed by atoms with van der Waals surface area (Å²) in [6, 6.07) is 3.77. The van der Waals surface area contributed by atoms with Crippen LogP contribution in [0.5, 0.6) is 0 Å². The second kappa shape index (κ2) is 7.24. The molecule has 7 heteroatoms. The van der Waals surface area contributed by atoms with Gasteiger partial charge in [-0.2, -0.15) is 0 Å². The third-order valence-corrected chi connectivity index (χ3v) is 4.40. The fourth-order valence-electron chi connectivity index (χ4n) is 1.71. The van der Waals surface area contributed by atoms with Gasteiger partial charge in [-0.3, -0.25) is 19.3 Å². The van der Waals surface area contributed by atoms with Crippen molar-refractivity contribution in [3.8, 4) is 0 Å². The summed E-state index contributed by atoms with van der Waals surface area (Å²) in [5.41, 5.74) is 0. The molecular weight excluding hydrogens is 308 g/mol. The van der Waals surface area contributed by atoms with E-state index in [0.717, 1.165) is 21.5 Å². The fraction of sp³-hybridized carbons (Fsp3) is 0.214. The van der Waals surface area contributed by atoms with Crippen molar-refractivity contribution in [2.75, 3.05) is 13.1 Å². The Morgan fingerprint density at radius 2 is 2.24 bits per heavy atom. The predicted octanol–water partition coefficient (Wildman–Crippen LogP) is 2.48. The van der Waals surface area contributed by atoms with Crippen molar-refractivity contribution in [3.05, 3.63) is 40.0 Å². The van der Waals surface area contributed by atoms with Crippen LogP contribution in [0.3, 0.4) is 0 Å². The summed E-state index contributed by atoms with van der Waals surface area (Å²) in [7, 11) is 0. The van der Waals surface area contributed by atoms with Crippen LogP contribution >= 0.6 is 23.1 Å². The molecule has 2 rings (SSSR count). The summed E-state index contributed by atoms with van der Waals surface area (Å²) in [5, 5.41) is 4.23. The lowest BCUT2D eigenvalue weighted by atomic mass is 10.3. The largest absolute Gasteiger partial charge is 0.354 e. The van der Waals surface area contributed by atoms with Crippen molar-refractivity contribution in [2.45, 2.75) is 6.42 Å². The molecule has 1 aromatic rings. The molecule has 3 amide bonds. The first-order valence-corrected chi connectivity index (χ1v) is 7.98. The second-order valence-electron chi connectivity index (χ2n) is 4.19. The van der Waals surface area contributed by atoms with Gasteiger partial charge < -0.3 is 5.32 Å². The van der Waals surface area contributed by atoms with Gasteiger partial charge >= 0.3 is 0 Å². The van der Waals surface area contributed by atoms with Gasteiger partial charge in [0, 0.05) is 24.4 Å². The normalized spacial score (nSPS) is 16.6. The Labute approximate surface area is 130 Å². The van der Waals surface area contributed by atoms with Gasteiger partial charge in [-0.15, -0.1) is 17.9 Å². The molecule has 0 aromatic carbocycles. The van der Waals surface area contributed by atoms with E-state index in [9.17, 15) is 14.4 Å². The first-order valence-electron chi connectivity index (χ1n) is 6.28. The average molecular weight is 322 g/mol. The van der Waals surface area contributed by atoms with Crippen molar-refractivity contribution in [1.82, 2.24) is 10.2 Å². The topological polar surface area (TPSA) is 66.5 Å². The van der Waals surface area contributed by atoms with Gasteiger partial charge in [0.05, 0.1) is 4.91 Å². The van der Waals surface area contributed by atoms with Gasteiger partial charge in [0.2, 0.25) is 5.91 Å². The zero-order chi connectivity index (χ0) is 15.2. The zero-order valence-corrected chi connectivity index (χ0v) is 12.8. The van der Waals surface area contributed by atoms with E-state index in [0.29, 0.717) is 4.91 Å². The Morgan fingerprint density at radius 1 is 1.43 bits per heavy atom. The fourth-order valence-corrected chi connectivity index (χ4v) is 3.29.